The van der Waals surface area contributed by atoms with Gasteiger partial charge in [-0.3, -0.25) is 0 Å². The van der Waals surface area contributed by atoms with Crippen molar-refractivity contribution in [2.45, 2.75) is 26.3 Å². The number of rotatable bonds is 5. The topological polar surface area (TPSA) is 12.0 Å². The number of likely N-dealkylation sites (N-methyl/N-ethyl adjacent to an activating group) is 1. The first kappa shape index (κ1) is 16.5. The molecular formula is C17H18BrClFN. The van der Waals surface area contributed by atoms with Crippen LogP contribution < -0.4 is 5.32 Å². The van der Waals surface area contributed by atoms with E-state index in [1.165, 1.54) is 11.6 Å². The Morgan fingerprint density at radius 3 is 2.67 bits per heavy atom. The van der Waals surface area contributed by atoms with Crippen LogP contribution in [0, 0.1) is 12.7 Å². The third kappa shape index (κ3) is 4.53. The maximum absolute atomic E-state index is 13.5. The van der Waals surface area contributed by atoms with Crippen molar-refractivity contribution in [2.75, 3.05) is 6.54 Å². The van der Waals surface area contributed by atoms with Gasteiger partial charge in [0.2, 0.25) is 0 Å². The van der Waals surface area contributed by atoms with E-state index in [9.17, 15) is 4.39 Å². The van der Waals surface area contributed by atoms with Gasteiger partial charge in [-0.15, -0.1) is 0 Å². The van der Waals surface area contributed by atoms with Crippen molar-refractivity contribution in [3.05, 3.63) is 68.4 Å². The molecule has 1 unspecified atom stereocenters. The van der Waals surface area contributed by atoms with Crippen LogP contribution in [0.2, 0.25) is 5.02 Å². The normalized spacial score (nSPS) is 12.4. The highest BCUT2D eigenvalue weighted by Crippen LogP contribution is 2.26. The van der Waals surface area contributed by atoms with Crippen LogP contribution in [-0.4, -0.2) is 6.54 Å². The predicted molar refractivity (Wildman–Crippen MR) is 90.4 cm³/mol. The minimum absolute atomic E-state index is 0.113. The number of hydrogen-bond donors (Lipinski definition) is 1. The van der Waals surface area contributed by atoms with Crippen LogP contribution in [0.5, 0.6) is 0 Å². The van der Waals surface area contributed by atoms with Gasteiger partial charge in [0.25, 0.3) is 0 Å². The Labute approximate surface area is 138 Å². The molecule has 0 amide bonds. The van der Waals surface area contributed by atoms with Crippen LogP contribution in [0.4, 0.5) is 4.39 Å². The van der Waals surface area contributed by atoms with Gasteiger partial charge in [0, 0.05) is 15.5 Å². The van der Waals surface area contributed by atoms with Crippen molar-refractivity contribution in [3.8, 4) is 0 Å². The van der Waals surface area contributed by atoms with Gasteiger partial charge in [0.1, 0.15) is 5.82 Å². The second-order valence-electron chi connectivity index (χ2n) is 5.09. The number of aryl methyl sites for hydroxylation is 1. The lowest BCUT2D eigenvalue weighted by atomic mass is 9.95. The average molecular weight is 371 g/mol. The highest BCUT2D eigenvalue weighted by atomic mass is 79.9. The Morgan fingerprint density at radius 1 is 1.24 bits per heavy atom. The summed E-state index contributed by atoms with van der Waals surface area (Å²) < 4.78 is 14.3. The van der Waals surface area contributed by atoms with E-state index >= 15 is 0 Å². The molecule has 1 atom stereocenters. The van der Waals surface area contributed by atoms with E-state index in [1.54, 1.807) is 6.07 Å². The molecule has 21 heavy (non-hydrogen) atoms. The molecule has 1 N–H and O–H groups in total. The van der Waals surface area contributed by atoms with Crippen molar-refractivity contribution < 1.29 is 4.39 Å². The van der Waals surface area contributed by atoms with E-state index in [1.807, 2.05) is 24.3 Å². The van der Waals surface area contributed by atoms with Crippen LogP contribution in [-0.2, 0) is 6.42 Å². The standard InChI is InChI=1S/C17H18BrClFN/c1-3-21-17(16-10-14(19)5-4-11(16)2)8-12-6-13(18)9-15(20)7-12/h4-7,9-10,17,21H,3,8H2,1-2H3. The van der Waals surface area contributed by atoms with E-state index in [0.717, 1.165) is 27.2 Å². The zero-order valence-corrected chi connectivity index (χ0v) is 14.4. The quantitative estimate of drug-likeness (QED) is 0.738. The van der Waals surface area contributed by atoms with E-state index in [0.29, 0.717) is 6.42 Å². The van der Waals surface area contributed by atoms with E-state index in [-0.39, 0.29) is 11.9 Å². The Kier molecular flexibility index (Phi) is 5.80. The molecule has 0 aromatic heterocycles. The fraction of sp³-hybridized carbons (Fsp3) is 0.294. The predicted octanol–water partition coefficient (Wildman–Crippen LogP) is 5.44. The van der Waals surface area contributed by atoms with Gasteiger partial charge < -0.3 is 5.32 Å². The monoisotopic (exact) mass is 369 g/mol. The molecular weight excluding hydrogens is 353 g/mol. The number of hydrogen-bond acceptors (Lipinski definition) is 1. The van der Waals surface area contributed by atoms with Gasteiger partial charge >= 0.3 is 0 Å². The minimum atomic E-state index is -0.225. The lowest BCUT2D eigenvalue weighted by Crippen LogP contribution is -2.23. The first-order chi connectivity index (χ1) is 9.99. The van der Waals surface area contributed by atoms with Gasteiger partial charge in [-0.25, -0.2) is 4.39 Å². The zero-order valence-electron chi connectivity index (χ0n) is 12.1. The molecule has 0 saturated heterocycles. The number of nitrogens with one attached hydrogen (secondary N) is 1. The fourth-order valence-electron chi connectivity index (χ4n) is 2.49. The Balaban J connectivity index is 2.32. The van der Waals surface area contributed by atoms with Gasteiger partial charge in [-0.05, 0) is 66.9 Å². The lowest BCUT2D eigenvalue weighted by molar-refractivity contribution is 0.544. The van der Waals surface area contributed by atoms with Crippen LogP contribution >= 0.6 is 27.5 Å². The summed E-state index contributed by atoms with van der Waals surface area (Å²) in [5, 5.41) is 4.18. The molecule has 4 heteroatoms. The Morgan fingerprint density at radius 2 is 2.00 bits per heavy atom. The van der Waals surface area contributed by atoms with Crippen LogP contribution in [0.15, 0.2) is 40.9 Å². The summed E-state index contributed by atoms with van der Waals surface area (Å²) in [7, 11) is 0. The SMILES string of the molecule is CCNC(Cc1cc(F)cc(Br)c1)c1cc(Cl)ccc1C. The highest BCUT2D eigenvalue weighted by molar-refractivity contribution is 9.10. The molecule has 0 bridgehead atoms. The van der Waals surface area contributed by atoms with E-state index < -0.39 is 0 Å². The smallest absolute Gasteiger partial charge is 0.124 e. The van der Waals surface area contributed by atoms with Gasteiger partial charge in [0.15, 0.2) is 0 Å². The molecule has 0 fully saturated rings. The van der Waals surface area contributed by atoms with Crippen molar-refractivity contribution in [2.24, 2.45) is 0 Å². The van der Waals surface area contributed by atoms with E-state index in [4.69, 9.17) is 11.6 Å². The molecule has 0 saturated carbocycles. The number of benzene rings is 2. The summed E-state index contributed by atoms with van der Waals surface area (Å²) in [5.41, 5.74) is 3.29. The van der Waals surface area contributed by atoms with Crippen molar-refractivity contribution in [1.29, 1.82) is 0 Å². The zero-order chi connectivity index (χ0) is 15.4. The molecule has 0 heterocycles. The minimum Gasteiger partial charge on any atom is -0.310 e. The van der Waals surface area contributed by atoms with Crippen molar-refractivity contribution in [1.82, 2.24) is 5.32 Å². The average Bonchev–Trinajstić information content (AvgIpc) is 2.40. The molecule has 1 nitrogen and oxygen atoms in total. The first-order valence-corrected chi connectivity index (χ1v) is 8.11. The molecule has 0 aliphatic heterocycles. The summed E-state index contributed by atoms with van der Waals surface area (Å²) in [6, 6.07) is 11.0. The molecule has 2 aromatic rings. The maximum Gasteiger partial charge on any atom is 0.124 e. The molecule has 2 aromatic carbocycles. The summed E-state index contributed by atoms with van der Waals surface area (Å²) in [6.45, 7) is 4.97. The summed E-state index contributed by atoms with van der Waals surface area (Å²) >= 11 is 9.46. The maximum atomic E-state index is 13.5. The van der Waals surface area contributed by atoms with Crippen LogP contribution in [0.25, 0.3) is 0 Å². The van der Waals surface area contributed by atoms with Gasteiger partial charge in [-0.2, -0.15) is 0 Å². The lowest BCUT2D eigenvalue weighted by Gasteiger charge is -2.21. The third-order valence-electron chi connectivity index (χ3n) is 3.43. The molecule has 112 valence electrons. The number of halogens is 3. The molecule has 2 rings (SSSR count). The van der Waals surface area contributed by atoms with Crippen molar-refractivity contribution in [3.63, 3.8) is 0 Å². The molecule has 0 spiro atoms. The fourth-order valence-corrected chi connectivity index (χ4v) is 3.18. The Bertz CT molecular complexity index is 610. The van der Waals surface area contributed by atoms with Crippen molar-refractivity contribution >= 4 is 27.5 Å². The third-order valence-corrected chi connectivity index (χ3v) is 4.12. The van der Waals surface area contributed by atoms with Crippen LogP contribution in [0.1, 0.15) is 29.7 Å². The Hall–Kier alpha value is -0.900. The second kappa shape index (κ2) is 7.39. The first-order valence-electron chi connectivity index (χ1n) is 6.94. The summed E-state index contributed by atoms with van der Waals surface area (Å²) in [4.78, 5) is 0. The summed E-state index contributed by atoms with van der Waals surface area (Å²) in [5.74, 6) is -0.225. The largest absolute Gasteiger partial charge is 0.310 e. The van der Waals surface area contributed by atoms with Gasteiger partial charge in [-0.1, -0.05) is 40.5 Å². The highest BCUT2D eigenvalue weighted by Gasteiger charge is 2.15. The molecule has 0 aliphatic rings. The van der Waals surface area contributed by atoms with Gasteiger partial charge in [0.05, 0.1) is 0 Å². The molecule has 0 aliphatic carbocycles. The second-order valence-corrected chi connectivity index (χ2v) is 6.45. The van der Waals surface area contributed by atoms with E-state index in [2.05, 4.69) is 35.1 Å². The van der Waals surface area contributed by atoms with Crippen LogP contribution in [0.3, 0.4) is 0 Å². The summed E-state index contributed by atoms with van der Waals surface area (Å²) in [6.07, 6.45) is 0.714. The molecule has 0 radical (unpaired) electrons.